The van der Waals surface area contributed by atoms with E-state index in [2.05, 4.69) is 52.1 Å². The number of hydrogen-bond acceptors (Lipinski definition) is 1. The summed E-state index contributed by atoms with van der Waals surface area (Å²) in [4.78, 5) is 1.42. The smallest absolute Gasteiger partial charge is 0.0104 e. The van der Waals surface area contributed by atoms with E-state index >= 15 is 0 Å². The molecule has 0 heterocycles. The Morgan fingerprint density at radius 3 is 2.07 bits per heavy atom. The van der Waals surface area contributed by atoms with Crippen molar-refractivity contribution in [2.24, 2.45) is 0 Å². The maximum atomic E-state index is 2.36. The van der Waals surface area contributed by atoms with Crippen LogP contribution in [0.5, 0.6) is 0 Å². The minimum Gasteiger partial charge on any atom is -0.129 e. The fourth-order valence-corrected chi connectivity index (χ4v) is 2.30. The molecular weight excluding hydrogens is 188 g/mol. The van der Waals surface area contributed by atoms with Crippen LogP contribution in [0, 0.1) is 0 Å². The highest BCUT2D eigenvalue weighted by Gasteiger charge is 2.08. The predicted molar refractivity (Wildman–Crippen MR) is 66.4 cm³/mol. The van der Waals surface area contributed by atoms with Gasteiger partial charge in [0.15, 0.2) is 0 Å². The molecule has 14 heavy (non-hydrogen) atoms. The summed E-state index contributed by atoms with van der Waals surface area (Å²) in [5.74, 6) is 1.25. The summed E-state index contributed by atoms with van der Waals surface area (Å²) in [5.41, 5.74) is 2.94. The van der Waals surface area contributed by atoms with E-state index in [0.717, 1.165) is 0 Å². The van der Waals surface area contributed by atoms with Crippen molar-refractivity contribution < 1.29 is 0 Å². The summed E-state index contributed by atoms with van der Waals surface area (Å²) in [6.45, 7) is 9.02. The lowest BCUT2D eigenvalue weighted by Gasteiger charge is -2.14. The van der Waals surface area contributed by atoms with Crippen LogP contribution in [-0.4, -0.2) is 6.26 Å². The lowest BCUT2D eigenvalue weighted by atomic mass is 9.96. The van der Waals surface area contributed by atoms with Crippen LogP contribution in [0.1, 0.15) is 50.7 Å². The van der Waals surface area contributed by atoms with E-state index in [9.17, 15) is 0 Å². The van der Waals surface area contributed by atoms with Gasteiger partial charge in [-0.05, 0) is 35.3 Å². The molecule has 0 atom stereocenters. The molecule has 0 aliphatic heterocycles. The normalized spacial score (nSPS) is 11.4. The average molecular weight is 208 g/mol. The average Bonchev–Trinajstić information content (AvgIpc) is 2.16. The third-order valence-electron chi connectivity index (χ3n) is 2.54. The van der Waals surface area contributed by atoms with Crippen molar-refractivity contribution in [2.75, 3.05) is 6.26 Å². The molecule has 0 aromatic heterocycles. The second-order valence-corrected chi connectivity index (χ2v) is 5.16. The van der Waals surface area contributed by atoms with Crippen molar-refractivity contribution in [2.45, 2.75) is 44.4 Å². The van der Waals surface area contributed by atoms with Crippen LogP contribution >= 0.6 is 11.8 Å². The quantitative estimate of drug-likeness (QED) is 0.651. The molecule has 0 aliphatic carbocycles. The third kappa shape index (κ3) is 2.54. The van der Waals surface area contributed by atoms with E-state index in [1.165, 1.54) is 16.0 Å². The minimum atomic E-state index is 0.621. The second kappa shape index (κ2) is 4.88. The Labute approximate surface area is 92.1 Å². The van der Waals surface area contributed by atoms with Crippen LogP contribution in [0.2, 0.25) is 0 Å². The minimum absolute atomic E-state index is 0.621. The Kier molecular flexibility index (Phi) is 4.06. The maximum absolute atomic E-state index is 2.36. The first kappa shape index (κ1) is 11.6. The van der Waals surface area contributed by atoms with Crippen LogP contribution < -0.4 is 0 Å². The summed E-state index contributed by atoms with van der Waals surface area (Å²) < 4.78 is 0. The van der Waals surface area contributed by atoms with Gasteiger partial charge in [0.2, 0.25) is 0 Å². The summed E-state index contributed by atoms with van der Waals surface area (Å²) in [7, 11) is 0. The van der Waals surface area contributed by atoms with Gasteiger partial charge in [0, 0.05) is 4.90 Å². The molecule has 1 rings (SSSR count). The standard InChI is InChI=1S/C13H20S/c1-9(2)11-6-7-13(14-5)12(8-11)10(3)4/h6-10H,1-5H3. The second-order valence-electron chi connectivity index (χ2n) is 4.31. The van der Waals surface area contributed by atoms with Gasteiger partial charge in [0.25, 0.3) is 0 Å². The summed E-state index contributed by atoms with van der Waals surface area (Å²) in [6, 6.07) is 6.87. The number of benzene rings is 1. The molecule has 1 aromatic carbocycles. The summed E-state index contributed by atoms with van der Waals surface area (Å²) in [6.07, 6.45) is 2.15. The van der Waals surface area contributed by atoms with E-state index in [1.807, 2.05) is 11.8 Å². The van der Waals surface area contributed by atoms with Gasteiger partial charge in [-0.3, -0.25) is 0 Å². The Balaban J connectivity index is 3.14. The van der Waals surface area contributed by atoms with Gasteiger partial charge in [-0.25, -0.2) is 0 Å². The zero-order chi connectivity index (χ0) is 10.7. The van der Waals surface area contributed by atoms with Gasteiger partial charge >= 0.3 is 0 Å². The first-order valence-electron chi connectivity index (χ1n) is 5.24. The zero-order valence-electron chi connectivity index (χ0n) is 9.79. The Morgan fingerprint density at radius 2 is 1.64 bits per heavy atom. The van der Waals surface area contributed by atoms with Crippen molar-refractivity contribution in [3.05, 3.63) is 29.3 Å². The SMILES string of the molecule is CSc1ccc(C(C)C)cc1C(C)C. The van der Waals surface area contributed by atoms with Crippen molar-refractivity contribution >= 4 is 11.8 Å². The van der Waals surface area contributed by atoms with Gasteiger partial charge in [0.05, 0.1) is 0 Å². The van der Waals surface area contributed by atoms with Crippen LogP contribution in [0.3, 0.4) is 0 Å². The van der Waals surface area contributed by atoms with Gasteiger partial charge in [-0.2, -0.15) is 0 Å². The van der Waals surface area contributed by atoms with Crippen molar-refractivity contribution in [1.29, 1.82) is 0 Å². The first-order chi connectivity index (χ1) is 6.56. The Morgan fingerprint density at radius 1 is 1.00 bits per heavy atom. The third-order valence-corrected chi connectivity index (χ3v) is 3.35. The van der Waals surface area contributed by atoms with E-state index < -0.39 is 0 Å². The Bertz CT molecular complexity index is 300. The van der Waals surface area contributed by atoms with Gasteiger partial charge < -0.3 is 0 Å². The first-order valence-corrected chi connectivity index (χ1v) is 6.46. The van der Waals surface area contributed by atoms with Crippen molar-refractivity contribution in [1.82, 2.24) is 0 Å². The van der Waals surface area contributed by atoms with Gasteiger partial charge in [0.1, 0.15) is 0 Å². The molecule has 0 aliphatic rings. The highest BCUT2D eigenvalue weighted by atomic mass is 32.2. The molecule has 78 valence electrons. The predicted octanol–water partition coefficient (Wildman–Crippen LogP) is 4.66. The van der Waals surface area contributed by atoms with Gasteiger partial charge in [-0.15, -0.1) is 11.8 Å². The molecule has 0 bridgehead atoms. The molecule has 0 spiro atoms. The van der Waals surface area contributed by atoms with E-state index in [1.54, 1.807) is 0 Å². The molecule has 0 radical (unpaired) electrons. The van der Waals surface area contributed by atoms with Crippen molar-refractivity contribution in [3.63, 3.8) is 0 Å². The largest absolute Gasteiger partial charge is 0.129 e. The summed E-state index contributed by atoms with van der Waals surface area (Å²) in [5, 5.41) is 0. The van der Waals surface area contributed by atoms with E-state index in [-0.39, 0.29) is 0 Å². The number of rotatable bonds is 3. The van der Waals surface area contributed by atoms with Crippen molar-refractivity contribution in [3.8, 4) is 0 Å². The lowest BCUT2D eigenvalue weighted by molar-refractivity contribution is 0.816. The molecule has 1 aromatic rings. The van der Waals surface area contributed by atoms with Crippen LogP contribution in [0.25, 0.3) is 0 Å². The van der Waals surface area contributed by atoms with Crippen LogP contribution in [-0.2, 0) is 0 Å². The van der Waals surface area contributed by atoms with Crippen LogP contribution in [0.15, 0.2) is 23.1 Å². The molecule has 0 saturated carbocycles. The summed E-state index contributed by atoms with van der Waals surface area (Å²) >= 11 is 1.84. The number of thioether (sulfide) groups is 1. The topological polar surface area (TPSA) is 0 Å². The fourth-order valence-electron chi connectivity index (χ4n) is 1.56. The molecule has 0 unspecified atom stereocenters. The number of hydrogen-bond donors (Lipinski definition) is 0. The fraction of sp³-hybridized carbons (Fsp3) is 0.538. The van der Waals surface area contributed by atoms with E-state index in [0.29, 0.717) is 11.8 Å². The molecule has 0 nitrogen and oxygen atoms in total. The Hall–Kier alpha value is -0.430. The molecule has 1 heteroatoms. The lowest BCUT2D eigenvalue weighted by Crippen LogP contribution is -1.95. The molecule has 0 N–H and O–H groups in total. The van der Waals surface area contributed by atoms with E-state index in [4.69, 9.17) is 0 Å². The highest BCUT2D eigenvalue weighted by molar-refractivity contribution is 7.98. The monoisotopic (exact) mass is 208 g/mol. The molecule has 0 fully saturated rings. The highest BCUT2D eigenvalue weighted by Crippen LogP contribution is 2.29. The van der Waals surface area contributed by atoms with Crippen LogP contribution in [0.4, 0.5) is 0 Å². The molecular formula is C13H20S. The van der Waals surface area contributed by atoms with Gasteiger partial charge in [-0.1, -0.05) is 39.8 Å². The molecule has 0 amide bonds. The maximum Gasteiger partial charge on any atom is 0.0104 e. The zero-order valence-corrected chi connectivity index (χ0v) is 10.6. The molecule has 0 saturated heterocycles.